The molecule has 0 fully saturated rings. The van der Waals surface area contributed by atoms with Crippen LogP contribution in [0, 0.1) is 20.8 Å². The van der Waals surface area contributed by atoms with Gasteiger partial charge in [-0.2, -0.15) is 0 Å². The monoisotopic (exact) mass is 236 g/mol. The molecule has 1 heteroatoms. The molecular weight excluding hydrogens is 211 g/mol. The molecule has 1 aromatic carbocycles. The van der Waals surface area contributed by atoms with E-state index in [0.29, 0.717) is 0 Å². The predicted molar refractivity (Wildman–Crippen MR) is 77.3 cm³/mol. The minimum absolute atomic E-state index is 1.18. The maximum atomic E-state index is 2.32. The van der Waals surface area contributed by atoms with Crippen LogP contribution in [0.2, 0.25) is 0 Å². The molecule has 0 heterocycles. The summed E-state index contributed by atoms with van der Waals surface area (Å²) in [6.07, 6.45) is 6.82. The molecule has 0 nitrogen and oxygen atoms in total. The van der Waals surface area contributed by atoms with Crippen molar-refractivity contribution < 1.29 is 0 Å². The Morgan fingerprint density at radius 1 is 1.00 bits per heavy atom. The molecule has 0 amide bonds. The van der Waals surface area contributed by atoms with Gasteiger partial charge in [0.25, 0.3) is 0 Å². The van der Waals surface area contributed by atoms with Crippen LogP contribution in [0.1, 0.15) is 42.0 Å². The molecule has 1 aromatic rings. The number of hydrogen-bond donors (Lipinski definition) is 0. The molecule has 1 rings (SSSR count). The fourth-order valence-electron chi connectivity index (χ4n) is 1.99. The molecule has 0 aromatic heterocycles. The Morgan fingerprint density at radius 3 is 2.44 bits per heavy atom. The molecule has 0 radical (unpaired) electrons. The molecule has 1 atom stereocenters. The zero-order chi connectivity index (χ0) is 12.0. The Labute approximate surface area is 103 Å². The lowest BCUT2D eigenvalue weighted by atomic mass is 9.96. The molecule has 0 N–H and O–H groups in total. The number of aryl methyl sites for hydroxylation is 2. The van der Waals surface area contributed by atoms with Gasteiger partial charge in [-0.15, -0.1) is 8.58 Å². The van der Waals surface area contributed by atoms with Crippen molar-refractivity contribution in [3.63, 3.8) is 0 Å². The van der Waals surface area contributed by atoms with Gasteiger partial charge in [0.15, 0.2) is 0 Å². The highest BCUT2D eigenvalue weighted by Gasteiger charge is 2.03. The van der Waals surface area contributed by atoms with E-state index in [1.807, 2.05) is 0 Å². The largest absolute Gasteiger partial charge is 0.122 e. The van der Waals surface area contributed by atoms with Crippen LogP contribution in [0.25, 0.3) is 0 Å². The van der Waals surface area contributed by atoms with E-state index in [4.69, 9.17) is 0 Å². The Morgan fingerprint density at radius 2 is 1.75 bits per heavy atom. The van der Waals surface area contributed by atoms with E-state index in [-0.39, 0.29) is 0 Å². The van der Waals surface area contributed by atoms with Crippen molar-refractivity contribution in [1.82, 2.24) is 0 Å². The van der Waals surface area contributed by atoms with Gasteiger partial charge in [0.1, 0.15) is 0 Å². The van der Waals surface area contributed by atoms with Gasteiger partial charge in [-0.25, -0.2) is 0 Å². The van der Waals surface area contributed by atoms with Crippen molar-refractivity contribution in [2.24, 2.45) is 0 Å². The second kappa shape index (κ2) is 7.07. The van der Waals surface area contributed by atoms with Crippen LogP contribution in [0.5, 0.6) is 0 Å². The highest BCUT2D eigenvalue weighted by molar-refractivity contribution is 7.37. The summed E-state index contributed by atoms with van der Waals surface area (Å²) < 4.78 is 0. The Balaban J connectivity index is 2.45. The summed E-state index contributed by atoms with van der Waals surface area (Å²) in [6, 6.07) is 4.59. The highest BCUT2D eigenvalue weighted by atomic mass is 31.1. The van der Waals surface area contributed by atoms with Crippen LogP contribution in [0.3, 0.4) is 0 Å². The van der Waals surface area contributed by atoms with Crippen LogP contribution in [-0.2, 0) is 6.42 Å². The van der Waals surface area contributed by atoms with Crippen molar-refractivity contribution in [2.45, 2.75) is 47.0 Å². The maximum Gasteiger partial charge on any atom is -0.0273 e. The van der Waals surface area contributed by atoms with Crippen LogP contribution in [0.4, 0.5) is 0 Å². The highest BCUT2D eigenvalue weighted by Crippen LogP contribution is 2.20. The summed E-state index contributed by atoms with van der Waals surface area (Å²) in [7, 11) is 1.18. The average molecular weight is 236 g/mol. The second-order valence-electron chi connectivity index (χ2n) is 4.65. The topological polar surface area (TPSA) is 0 Å². The van der Waals surface area contributed by atoms with Crippen LogP contribution < -0.4 is 0 Å². The SMILES string of the molecule is CCCPCCCc1ccc(C)c(C)c1C. The quantitative estimate of drug-likeness (QED) is 0.499. The molecule has 0 aliphatic heterocycles. The molecule has 0 saturated carbocycles. The lowest BCUT2D eigenvalue weighted by Gasteiger charge is -2.11. The van der Waals surface area contributed by atoms with E-state index in [1.54, 1.807) is 5.56 Å². The summed E-state index contributed by atoms with van der Waals surface area (Å²) >= 11 is 0. The van der Waals surface area contributed by atoms with Gasteiger partial charge in [0, 0.05) is 0 Å². The Kier molecular flexibility index (Phi) is 6.06. The molecule has 0 spiro atoms. The van der Waals surface area contributed by atoms with Gasteiger partial charge in [-0.05, 0) is 68.2 Å². The summed E-state index contributed by atoms with van der Waals surface area (Å²) in [6.45, 7) is 8.99. The molecule has 0 aliphatic carbocycles. The van der Waals surface area contributed by atoms with E-state index >= 15 is 0 Å². The molecule has 1 unspecified atom stereocenters. The molecule has 0 aliphatic rings. The Bertz CT molecular complexity index is 328. The summed E-state index contributed by atoms with van der Waals surface area (Å²) in [5, 5.41) is 0. The first-order chi connectivity index (χ1) is 7.66. The van der Waals surface area contributed by atoms with Gasteiger partial charge in [0.05, 0.1) is 0 Å². The number of rotatable bonds is 6. The normalized spacial score (nSPS) is 11.5. The van der Waals surface area contributed by atoms with Gasteiger partial charge in [-0.1, -0.05) is 25.5 Å². The lowest BCUT2D eigenvalue weighted by Crippen LogP contribution is -1.96. The van der Waals surface area contributed by atoms with E-state index in [1.165, 1.54) is 56.9 Å². The van der Waals surface area contributed by atoms with Crippen molar-refractivity contribution in [3.8, 4) is 0 Å². The van der Waals surface area contributed by atoms with Crippen LogP contribution >= 0.6 is 8.58 Å². The third-order valence-corrected chi connectivity index (χ3v) is 4.96. The second-order valence-corrected chi connectivity index (χ2v) is 6.15. The van der Waals surface area contributed by atoms with E-state index in [9.17, 15) is 0 Å². The molecule has 0 saturated heterocycles. The summed E-state index contributed by atoms with van der Waals surface area (Å²) in [5.74, 6) is 0. The van der Waals surface area contributed by atoms with E-state index in [0.717, 1.165) is 0 Å². The molecule has 0 bridgehead atoms. The van der Waals surface area contributed by atoms with Crippen molar-refractivity contribution in [3.05, 3.63) is 34.4 Å². The van der Waals surface area contributed by atoms with E-state index in [2.05, 4.69) is 39.8 Å². The van der Waals surface area contributed by atoms with Crippen LogP contribution in [-0.4, -0.2) is 12.3 Å². The van der Waals surface area contributed by atoms with Gasteiger partial charge in [-0.3, -0.25) is 0 Å². The third kappa shape index (κ3) is 3.91. The third-order valence-electron chi connectivity index (χ3n) is 3.40. The van der Waals surface area contributed by atoms with Crippen LogP contribution in [0.15, 0.2) is 12.1 Å². The molecular formula is C15H25P. The maximum absolute atomic E-state index is 2.32. The first-order valence-corrected chi connectivity index (χ1v) is 7.84. The predicted octanol–water partition coefficient (Wildman–Crippen LogP) is 4.63. The van der Waals surface area contributed by atoms with E-state index < -0.39 is 0 Å². The smallest absolute Gasteiger partial charge is 0.0273 e. The standard InChI is InChI=1S/C15H25P/c1-5-10-16-11-6-7-15-9-8-12(2)13(3)14(15)4/h8-9,16H,5-7,10-11H2,1-4H3. The molecule has 16 heavy (non-hydrogen) atoms. The van der Waals surface area contributed by atoms with Gasteiger partial charge < -0.3 is 0 Å². The average Bonchev–Trinajstić information content (AvgIpc) is 2.28. The first kappa shape index (κ1) is 13.7. The van der Waals surface area contributed by atoms with Gasteiger partial charge >= 0.3 is 0 Å². The van der Waals surface area contributed by atoms with Crippen molar-refractivity contribution in [1.29, 1.82) is 0 Å². The fraction of sp³-hybridized carbons (Fsp3) is 0.600. The lowest BCUT2D eigenvalue weighted by molar-refractivity contribution is 0.913. The van der Waals surface area contributed by atoms with Gasteiger partial charge in [0.2, 0.25) is 0 Å². The van der Waals surface area contributed by atoms with Crippen molar-refractivity contribution in [2.75, 3.05) is 12.3 Å². The minimum Gasteiger partial charge on any atom is -0.122 e. The Hall–Kier alpha value is -0.350. The molecule has 90 valence electrons. The number of benzene rings is 1. The zero-order valence-electron chi connectivity index (χ0n) is 11.2. The first-order valence-electron chi connectivity index (χ1n) is 6.43. The van der Waals surface area contributed by atoms with Crippen molar-refractivity contribution >= 4 is 8.58 Å². The number of hydrogen-bond acceptors (Lipinski definition) is 0. The summed E-state index contributed by atoms with van der Waals surface area (Å²) in [4.78, 5) is 0. The fourth-order valence-corrected chi connectivity index (χ4v) is 3.02. The summed E-state index contributed by atoms with van der Waals surface area (Å²) in [5.41, 5.74) is 5.98. The minimum atomic E-state index is 1.18. The zero-order valence-corrected chi connectivity index (χ0v) is 12.2.